The Bertz CT molecular complexity index is 618. The Morgan fingerprint density at radius 2 is 0.871 bits per heavy atom. The van der Waals surface area contributed by atoms with Crippen LogP contribution in [0.3, 0.4) is 0 Å². The number of hydrogen-bond donors (Lipinski definition) is 0. The summed E-state index contributed by atoms with van der Waals surface area (Å²) >= 11 is 0. The lowest BCUT2D eigenvalue weighted by Crippen LogP contribution is -2.50. The third-order valence-corrected chi connectivity index (χ3v) is 20.3. The lowest BCUT2D eigenvalue weighted by atomic mass is 9.71. The second kappa shape index (κ2) is 7.61. The highest BCUT2D eigenvalue weighted by atomic mass is 28.3. The van der Waals surface area contributed by atoms with Crippen molar-refractivity contribution in [1.82, 2.24) is 0 Å². The summed E-state index contributed by atoms with van der Waals surface area (Å²) < 4.78 is 0. The van der Waals surface area contributed by atoms with E-state index in [4.69, 9.17) is 0 Å². The minimum Gasteiger partial charge on any atom is -0.0625 e. The highest BCUT2D eigenvalue weighted by Gasteiger charge is 2.64. The molecule has 10 unspecified atom stereocenters. The van der Waals surface area contributed by atoms with Crippen molar-refractivity contribution >= 4 is 8.07 Å². The van der Waals surface area contributed by atoms with Crippen molar-refractivity contribution in [2.24, 2.45) is 59.2 Å². The third kappa shape index (κ3) is 3.16. The first-order valence-corrected chi connectivity index (χ1v) is 17.7. The zero-order valence-electron chi connectivity index (χ0n) is 20.7. The second-order valence-electron chi connectivity index (χ2n) is 14.4. The molecule has 0 bridgehead atoms. The summed E-state index contributed by atoms with van der Waals surface area (Å²) in [6, 6.07) is 3.54. The molecule has 10 atom stereocenters. The third-order valence-electron chi connectivity index (χ3n) is 13.1. The van der Waals surface area contributed by atoms with Crippen molar-refractivity contribution in [3.8, 4) is 0 Å². The maximum atomic E-state index is 2.78. The van der Waals surface area contributed by atoms with E-state index < -0.39 is 8.07 Å². The monoisotopic (exact) mass is 438 g/mol. The fourth-order valence-corrected chi connectivity index (χ4v) is 21.3. The summed E-state index contributed by atoms with van der Waals surface area (Å²) in [6.07, 6.45) is 22.7. The fourth-order valence-electron chi connectivity index (χ4n) is 12.4. The summed E-state index contributed by atoms with van der Waals surface area (Å²) in [5.41, 5.74) is 2.49. The Labute approximate surface area is 194 Å². The van der Waals surface area contributed by atoms with Crippen LogP contribution >= 0.6 is 0 Å². The van der Waals surface area contributed by atoms with Gasteiger partial charge in [-0.3, -0.25) is 0 Å². The first kappa shape index (κ1) is 20.6. The molecular weight excluding hydrogens is 388 g/mol. The van der Waals surface area contributed by atoms with Gasteiger partial charge in [-0.25, -0.2) is 0 Å². The maximum absolute atomic E-state index is 2.78. The number of rotatable bonds is 4. The molecule has 1 heteroatoms. The maximum Gasteiger partial charge on any atom is 0.0609 e. The van der Waals surface area contributed by atoms with Gasteiger partial charge in [-0.2, -0.15) is 0 Å². The van der Waals surface area contributed by atoms with Crippen molar-refractivity contribution in [2.75, 3.05) is 0 Å². The molecule has 0 aromatic carbocycles. The minimum atomic E-state index is -1.20. The molecule has 0 aromatic heterocycles. The van der Waals surface area contributed by atoms with Gasteiger partial charge in [-0.15, -0.1) is 0 Å². The lowest BCUT2D eigenvalue weighted by Gasteiger charge is -2.51. The average Bonchev–Trinajstić information content (AvgIpc) is 3.67. The average molecular weight is 439 g/mol. The lowest BCUT2D eigenvalue weighted by molar-refractivity contribution is 0.154. The Hall–Kier alpha value is 0.217. The van der Waals surface area contributed by atoms with Gasteiger partial charge in [0.2, 0.25) is 0 Å². The smallest absolute Gasteiger partial charge is 0.0609 e. The van der Waals surface area contributed by atoms with Crippen LogP contribution in [-0.2, 0) is 0 Å². The zero-order chi connectivity index (χ0) is 20.7. The second-order valence-corrected chi connectivity index (χ2v) is 19.2. The van der Waals surface area contributed by atoms with E-state index in [9.17, 15) is 0 Å². The van der Waals surface area contributed by atoms with E-state index in [-0.39, 0.29) is 0 Å². The Balaban J connectivity index is 1.23. The molecule has 0 amide bonds. The van der Waals surface area contributed by atoms with E-state index in [1.807, 2.05) is 0 Å². The Kier molecular flexibility index (Phi) is 5.05. The number of fused-ring (bicyclic) bond motifs is 2. The van der Waals surface area contributed by atoms with Crippen LogP contribution < -0.4 is 0 Å². The van der Waals surface area contributed by atoms with E-state index in [0.29, 0.717) is 0 Å². The Morgan fingerprint density at radius 3 is 1.29 bits per heavy atom. The molecule has 1 aliphatic heterocycles. The summed E-state index contributed by atoms with van der Waals surface area (Å²) in [5, 5.41) is 0. The van der Waals surface area contributed by atoms with Crippen molar-refractivity contribution in [1.29, 1.82) is 0 Å². The normalized spacial score (nSPS) is 54.0. The molecule has 6 saturated carbocycles. The van der Waals surface area contributed by atoms with E-state index in [1.165, 1.54) is 58.4 Å². The van der Waals surface area contributed by atoms with Gasteiger partial charge in [-0.05, 0) is 122 Å². The molecule has 0 N–H and O–H groups in total. The topological polar surface area (TPSA) is 0 Å². The molecule has 7 rings (SSSR count). The quantitative estimate of drug-likeness (QED) is 0.384. The molecule has 0 spiro atoms. The van der Waals surface area contributed by atoms with Crippen LogP contribution in [0.5, 0.6) is 0 Å². The van der Waals surface area contributed by atoms with Crippen molar-refractivity contribution in [2.45, 2.75) is 127 Å². The van der Waals surface area contributed by atoms with E-state index in [0.717, 1.165) is 11.8 Å². The molecule has 0 radical (unpaired) electrons. The van der Waals surface area contributed by atoms with Gasteiger partial charge in [0.25, 0.3) is 0 Å². The van der Waals surface area contributed by atoms with Gasteiger partial charge in [0.1, 0.15) is 0 Å². The Morgan fingerprint density at radius 1 is 0.452 bits per heavy atom. The predicted molar refractivity (Wildman–Crippen MR) is 134 cm³/mol. The molecule has 0 nitrogen and oxygen atoms in total. The zero-order valence-corrected chi connectivity index (χ0v) is 21.7. The summed E-state index contributed by atoms with van der Waals surface area (Å²) in [6.45, 7) is 5.57. The summed E-state index contributed by atoms with van der Waals surface area (Å²) in [4.78, 5) is 0. The van der Waals surface area contributed by atoms with Gasteiger partial charge in [0.05, 0.1) is 8.07 Å². The minimum absolute atomic E-state index is 1.09. The van der Waals surface area contributed by atoms with Crippen LogP contribution in [0.15, 0.2) is 0 Å². The molecule has 7 aliphatic rings. The van der Waals surface area contributed by atoms with Gasteiger partial charge >= 0.3 is 0 Å². The van der Waals surface area contributed by atoms with Crippen LogP contribution in [0.4, 0.5) is 0 Å². The first-order valence-electron chi connectivity index (χ1n) is 15.2. The van der Waals surface area contributed by atoms with Crippen LogP contribution in [0, 0.1) is 59.2 Å². The van der Waals surface area contributed by atoms with Gasteiger partial charge in [-0.1, -0.05) is 64.5 Å². The molecule has 31 heavy (non-hydrogen) atoms. The molecule has 174 valence electrons. The standard InChI is InChI=1S/C30H50Si/c1-19-17-27-23(21-11-12-21)7-5-9-25(27)29(19)31(15-3-4-16-31)30-20(2)18-28-24(22-13-14-22)8-6-10-26(28)30/h19-30H,3-18H2,1-2H3. The molecule has 1 heterocycles. The van der Waals surface area contributed by atoms with Crippen LogP contribution in [-0.4, -0.2) is 8.07 Å². The van der Waals surface area contributed by atoms with E-state index in [1.54, 1.807) is 102 Å². The molecule has 1 saturated heterocycles. The largest absolute Gasteiger partial charge is 0.0625 e. The van der Waals surface area contributed by atoms with Crippen LogP contribution in [0.25, 0.3) is 0 Å². The summed E-state index contributed by atoms with van der Waals surface area (Å²) in [7, 11) is -1.20. The van der Waals surface area contributed by atoms with Crippen LogP contribution in [0.2, 0.25) is 23.2 Å². The number of hydrogen-bond acceptors (Lipinski definition) is 0. The highest BCUT2D eigenvalue weighted by molar-refractivity contribution is 6.83. The van der Waals surface area contributed by atoms with Crippen LogP contribution in [0.1, 0.15) is 104 Å². The molecule has 7 fully saturated rings. The summed E-state index contributed by atoms with van der Waals surface area (Å²) in [5.74, 6) is 11.6. The fraction of sp³-hybridized carbons (Fsp3) is 1.00. The molecule has 0 aromatic rings. The van der Waals surface area contributed by atoms with E-state index in [2.05, 4.69) is 13.8 Å². The van der Waals surface area contributed by atoms with Gasteiger partial charge in [0, 0.05) is 0 Å². The van der Waals surface area contributed by atoms with Crippen molar-refractivity contribution < 1.29 is 0 Å². The van der Waals surface area contributed by atoms with Gasteiger partial charge < -0.3 is 0 Å². The molecular formula is C30H50Si. The molecule has 6 aliphatic carbocycles. The SMILES string of the molecule is CC1CC2C(C3CC3)CCCC2C1[Si]1(C2C(C)CC3C(C4CC4)CCCC32)CCCC1. The van der Waals surface area contributed by atoms with Crippen molar-refractivity contribution in [3.63, 3.8) is 0 Å². The van der Waals surface area contributed by atoms with Gasteiger partial charge in [0.15, 0.2) is 0 Å². The predicted octanol–water partition coefficient (Wildman–Crippen LogP) is 8.93. The van der Waals surface area contributed by atoms with E-state index >= 15 is 0 Å². The highest BCUT2D eigenvalue weighted by Crippen LogP contribution is 2.71. The van der Waals surface area contributed by atoms with Crippen molar-refractivity contribution in [3.05, 3.63) is 0 Å². The first-order chi connectivity index (χ1) is 15.2.